The third kappa shape index (κ3) is 4.27. The number of allylic oxidation sites excluding steroid dienone is 5. The highest BCUT2D eigenvalue weighted by atomic mass is 14.8. The molecule has 3 aromatic carbocycles. The average molecular weight is 581 g/mol. The third-order valence-corrected chi connectivity index (χ3v) is 7.25. The molecule has 0 fully saturated rings. The van der Waals surface area contributed by atoms with Crippen LogP contribution in [-0.4, -0.2) is 0 Å². The molecule has 0 N–H and O–H groups in total. The fourth-order valence-corrected chi connectivity index (χ4v) is 5.42. The second kappa shape index (κ2) is 11.4. The average Bonchev–Trinajstić information content (AvgIpc) is 3.57. The van der Waals surface area contributed by atoms with E-state index in [1.165, 1.54) is 48.5 Å². The second-order valence-electron chi connectivity index (χ2n) is 9.52. The van der Waals surface area contributed by atoms with Crippen molar-refractivity contribution in [3.05, 3.63) is 161 Å². The predicted molar refractivity (Wildman–Crippen MR) is 165 cm³/mol. The number of nitrogens with zero attached hydrogens (tertiary/aromatic N) is 10. The molecule has 0 saturated carbocycles. The third-order valence-electron chi connectivity index (χ3n) is 7.25. The van der Waals surface area contributed by atoms with Crippen molar-refractivity contribution in [1.82, 2.24) is 0 Å². The fraction of sp³-hybridized carbons (Fsp3) is 0. The van der Waals surface area contributed by atoms with E-state index in [0.29, 0.717) is 0 Å². The van der Waals surface area contributed by atoms with Gasteiger partial charge in [-0.05, 0) is 63.7 Å². The van der Waals surface area contributed by atoms with Crippen molar-refractivity contribution >= 4 is 45.1 Å². The Morgan fingerprint density at radius 3 is 1.54 bits per heavy atom. The van der Waals surface area contributed by atoms with Gasteiger partial charge in [0, 0.05) is 22.3 Å². The van der Waals surface area contributed by atoms with Gasteiger partial charge in [-0.2, -0.15) is 26.3 Å². The Balaban J connectivity index is 1.95. The van der Waals surface area contributed by atoms with Crippen LogP contribution in [-0.2, 0) is 0 Å². The molecule has 10 heteroatoms. The quantitative estimate of drug-likeness (QED) is 0.222. The first-order valence-corrected chi connectivity index (χ1v) is 12.7. The van der Waals surface area contributed by atoms with Crippen molar-refractivity contribution in [2.45, 2.75) is 0 Å². The topological polar surface area (TPSA) is 141 Å². The molecule has 3 aromatic rings. The summed E-state index contributed by atoms with van der Waals surface area (Å²) in [6.45, 7) is 38.7. The molecular weight excluding hydrogens is 572 g/mol. The zero-order chi connectivity index (χ0) is 33.1. The lowest BCUT2D eigenvalue weighted by Crippen LogP contribution is -1.96. The van der Waals surface area contributed by atoms with Gasteiger partial charge in [0.25, 0.3) is 0 Å². The molecule has 10 nitrogen and oxygen atoms in total. The highest BCUT2D eigenvalue weighted by Gasteiger charge is 2.36. The van der Waals surface area contributed by atoms with Gasteiger partial charge in [0.1, 0.15) is 18.2 Å². The number of hydrogen-bond acceptors (Lipinski definition) is 5. The van der Waals surface area contributed by atoms with Gasteiger partial charge in [-0.15, -0.1) is 0 Å². The first-order valence-electron chi connectivity index (χ1n) is 12.7. The van der Waals surface area contributed by atoms with Crippen LogP contribution in [0.15, 0.2) is 59.8 Å². The van der Waals surface area contributed by atoms with Gasteiger partial charge in [-0.3, -0.25) is 4.85 Å². The Hall–Kier alpha value is -8.48. The maximum absolute atomic E-state index is 10.4. The highest BCUT2D eigenvalue weighted by Crippen LogP contribution is 2.53. The van der Waals surface area contributed by atoms with Gasteiger partial charge in [0.2, 0.25) is 5.70 Å². The SMILES string of the molecule is [C-]#[N+]C1=C([N+]#[C-])c2cc3c(cc2/C1=C(/[N+]#[C-])c1cc(C#N)cc([N+]#[C-])c1)/C(=C(/C#N)c1cc(C#N)cc([N+]#[C-])c1)C(C#N)=C3C#N. The van der Waals surface area contributed by atoms with Gasteiger partial charge in [-0.1, -0.05) is 18.2 Å². The van der Waals surface area contributed by atoms with Crippen molar-refractivity contribution in [2.75, 3.05) is 0 Å². The molecule has 0 spiro atoms. The number of nitriles is 5. The summed E-state index contributed by atoms with van der Waals surface area (Å²) in [6.07, 6.45) is 0. The lowest BCUT2D eigenvalue weighted by atomic mass is 9.89. The summed E-state index contributed by atoms with van der Waals surface area (Å²) in [5, 5.41) is 49.8. The Labute approximate surface area is 262 Å². The van der Waals surface area contributed by atoms with Gasteiger partial charge in [0.15, 0.2) is 22.8 Å². The van der Waals surface area contributed by atoms with E-state index in [0.717, 1.165) is 0 Å². The van der Waals surface area contributed by atoms with E-state index in [4.69, 9.17) is 32.9 Å². The Morgan fingerprint density at radius 2 is 1.04 bits per heavy atom. The zero-order valence-electron chi connectivity index (χ0n) is 23.1. The molecule has 0 aliphatic heterocycles. The van der Waals surface area contributed by atoms with Crippen LogP contribution in [0, 0.1) is 89.5 Å². The lowest BCUT2D eigenvalue weighted by molar-refractivity contribution is 1.46. The minimum absolute atomic E-state index is 0.0523. The summed E-state index contributed by atoms with van der Waals surface area (Å²) >= 11 is 0. The monoisotopic (exact) mass is 580 g/mol. The van der Waals surface area contributed by atoms with Crippen LogP contribution in [0.1, 0.15) is 44.5 Å². The number of rotatable bonds is 2. The van der Waals surface area contributed by atoms with Crippen molar-refractivity contribution in [3.63, 3.8) is 0 Å². The Kier molecular flexibility index (Phi) is 7.21. The Bertz CT molecular complexity index is 2330. The van der Waals surface area contributed by atoms with Crippen LogP contribution in [0.3, 0.4) is 0 Å². The van der Waals surface area contributed by atoms with Crippen LogP contribution in [0.2, 0.25) is 0 Å². The Morgan fingerprint density at radius 1 is 0.500 bits per heavy atom. The second-order valence-corrected chi connectivity index (χ2v) is 9.52. The molecule has 0 saturated heterocycles. The maximum atomic E-state index is 10.4. The van der Waals surface area contributed by atoms with Gasteiger partial charge in [0.05, 0.1) is 61.7 Å². The fourth-order valence-electron chi connectivity index (χ4n) is 5.42. The van der Waals surface area contributed by atoms with Crippen molar-refractivity contribution in [2.24, 2.45) is 0 Å². The highest BCUT2D eigenvalue weighted by molar-refractivity contribution is 6.19. The number of fused-ring (bicyclic) bond motifs is 2. The van der Waals surface area contributed by atoms with E-state index < -0.39 is 0 Å². The summed E-state index contributed by atoms with van der Waals surface area (Å²) in [7, 11) is 0. The zero-order valence-corrected chi connectivity index (χ0v) is 23.1. The minimum atomic E-state index is -0.149. The molecular formula is C36H8N10. The minimum Gasteiger partial charge on any atom is -0.251 e. The molecule has 0 heterocycles. The largest absolute Gasteiger partial charge is 0.251 e. The standard InChI is InChI=1S/C36H8N10/c1-42-23-8-19(14-37)6-21(10-23)29(16-39)32-26-13-27-28(12-25(26)30(17-40)31(32)18-41)35(45-4)36(46-5)33(27)34(44-3)22-7-20(15-38)9-24(11-22)43-2/h6-13H/b32-29+,34-33-. The van der Waals surface area contributed by atoms with E-state index >= 15 is 0 Å². The molecule has 0 amide bonds. The van der Waals surface area contributed by atoms with Crippen LogP contribution in [0.4, 0.5) is 11.4 Å². The summed E-state index contributed by atoms with van der Waals surface area (Å²) in [6, 6.07) is 21.3. The first-order chi connectivity index (χ1) is 22.4. The molecule has 5 rings (SSSR count). The van der Waals surface area contributed by atoms with Crippen molar-refractivity contribution in [1.29, 1.82) is 26.3 Å². The van der Waals surface area contributed by atoms with E-state index in [1.807, 2.05) is 24.3 Å². The molecule has 46 heavy (non-hydrogen) atoms. The van der Waals surface area contributed by atoms with Crippen LogP contribution in [0.5, 0.6) is 0 Å². The van der Waals surface area contributed by atoms with Gasteiger partial charge < -0.3 is 0 Å². The van der Waals surface area contributed by atoms with Crippen LogP contribution >= 0.6 is 0 Å². The van der Waals surface area contributed by atoms with E-state index in [9.17, 15) is 26.3 Å². The summed E-state index contributed by atoms with van der Waals surface area (Å²) in [4.78, 5) is 17.6. The maximum Gasteiger partial charge on any atom is 0.201 e. The summed E-state index contributed by atoms with van der Waals surface area (Å²) in [5.74, 6) is 0. The molecule has 0 unspecified atom stereocenters. The van der Waals surface area contributed by atoms with E-state index in [-0.39, 0.29) is 101 Å². The van der Waals surface area contributed by atoms with Crippen molar-refractivity contribution in [3.8, 4) is 30.3 Å². The summed E-state index contributed by atoms with van der Waals surface area (Å²) < 4.78 is 0. The van der Waals surface area contributed by atoms with Gasteiger partial charge >= 0.3 is 0 Å². The molecule has 0 aromatic heterocycles. The molecule has 2 aliphatic rings. The normalized spacial score (nSPS) is 14.2. The molecule has 0 atom stereocenters. The molecule has 0 radical (unpaired) electrons. The first kappa shape index (κ1) is 29.0. The van der Waals surface area contributed by atoms with Crippen LogP contribution < -0.4 is 0 Å². The number of hydrogen-bond donors (Lipinski definition) is 0. The lowest BCUT2D eigenvalue weighted by Gasteiger charge is -2.14. The van der Waals surface area contributed by atoms with Crippen molar-refractivity contribution < 1.29 is 0 Å². The summed E-state index contributed by atoms with van der Waals surface area (Å²) in [5.41, 5.74) is 1.11. The van der Waals surface area contributed by atoms with E-state index in [2.05, 4.69) is 30.3 Å². The molecule has 202 valence electrons. The van der Waals surface area contributed by atoms with Gasteiger partial charge in [-0.25, -0.2) is 19.4 Å². The molecule has 0 bridgehead atoms. The van der Waals surface area contributed by atoms with E-state index in [1.54, 1.807) is 0 Å². The smallest absolute Gasteiger partial charge is 0.201 e. The number of benzene rings is 3. The molecule has 2 aliphatic carbocycles. The van der Waals surface area contributed by atoms with Crippen LogP contribution in [0.25, 0.3) is 57.9 Å². The predicted octanol–water partition coefficient (Wildman–Crippen LogP) is 8.09.